The molecule has 0 amide bonds. The predicted octanol–water partition coefficient (Wildman–Crippen LogP) is 5.36. The molecule has 1 nitrogen and oxygen atoms in total. The normalized spacial score (nSPS) is 11.7. The Morgan fingerprint density at radius 2 is 1.59 bits per heavy atom. The van der Waals surface area contributed by atoms with Crippen LogP contribution in [-0.2, 0) is 4.74 Å². The zero-order chi connectivity index (χ0) is 13.0. The number of hydrogen-bond donors (Lipinski definition) is 0. The summed E-state index contributed by atoms with van der Waals surface area (Å²) in [5.74, 6) is 0. The maximum absolute atomic E-state index is 6.94. The van der Waals surface area contributed by atoms with Gasteiger partial charge in [0.15, 0.2) is 0 Å². The Labute approximate surface area is 116 Å². The van der Waals surface area contributed by atoms with Crippen molar-refractivity contribution in [2.75, 3.05) is 13.2 Å². The Bertz CT molecular complexity index is 177. The second kappa shape index (κ2) is 11.9. The molecule has 0 saturated carbocycles. The van der Waals surface area contributed by atoms with E-state index < -0.39 is 17.3 Å². The van der Waals surface area contributed by atoms with Crippen LogP contribution in [0.1, 0.15) is 46.0 Å². The van der Waals surface area contributed by atoms with Crippen LogP contribution in [0.25, 0.3) is 0 Å². The summed E-state index contributed by atoms with van der Waals surface area (Å²) >= 11 is -2.25. The van der Waals surface area contributed by atoms with E-state index in [-0.39, 0.29) is 0 Å². The third-order valence-corrected chi connectivity index (χ3v) is 17.6. The molecular formula is C14H29ClOSn. The minimum absolute atomic E-state index is 0.675. The van der Waals surface area contributed by atoms with Crippen molar-refractivity contribution in [3.8, 4) is 0 Å². The van der Waals surface area contributed by atoms with Crippen LogP contribution < -0.4 is 0 Å². The van der Waals surface area contributed by atoms with Gasteiger partial charge in [-0.1, -0.05) is 0 Å². The summed E-state index contributed by atoms with van der Waals surface area (Å²) in [5, 5.41) is 0. The van der Waals surface area contributed by atoms with Gasteiger partial charge in [0.25, 0.3) is 0 Å². The quantitative estimate of drug-likeness (QED) is 0.256. The summed E-state index contributed by atoms with van der Waals surface area (Å²) in [6.07, 6.45) is 8.19. The van der Waals surface area contributed by atoms with Gasteiger partial charge in [-0.15, -0.1) is 0 Å². The van der Waals surface area contributed by atoms with Crippen LogP contribution in [0.15, 0.2) is 12.7 Å². The molecule has 0 saturated heterocycles. The molecule has 0 spiro atoms. The van der Waals surface area contributed by atoms with Crippen LogP contribution in [-0.4, -0.2) is 30.5 Å². The van der Waals surface area contributed by atoms with E-state index in [1.165, 1.54) is 39.0 Å². The maximum atomic E-state index is 6.94. The van der Waals surface area contributed by atoms with E-state index in [9.17, 15) is 0 Å². The summed E-state index contributed by atoms with van der Waals surface area (Å²) in [6.45, 7) is 9.70. The van der Waals surface area contributed by atoms with Crippen molar-refractivity contribution < 1.29 is 4.74 Å². The van der Waals surface area contributed by atoms with E-state index in [1.54, 1.807) is 0 Å². The SMILES string of the molecule is C=CCOCC[CH2][Sn]([Cl])([CH2]CCC)[CH2]CCC. The van der Waals surface area contributed by atoms with Crippen molar-refractivity contribution in [1.29, 1.82) is 0 Å². The zero-order valence-electron chi connectivity index (χ0n) is 11.6. The summed E-state index contributed by atoms with van der Waals surface area (Å²) in [7, 11) is 6.94. The van der Waals surface area contributed by atoms with E-state index in [0.717, 1.165) is 13.0 Å². The van der Waals surface area contributed by atoms with Gasteiger partial charge in [0.2, 0.25) is 0 Å². The van der Waals surface area contributed by atoms with E-state index in [4.69, 9.17) is 13.7 Å². The summed E-state index contributed by atoms with van der Waals surface area (Å²) in [4.78, 5) is 0. The molecule has 0 bridgehead atoms. The summed E-state index contributed by atoms with van der Waals surface area (Å²) in [5.41, 5.74) is 0. The van der Waals surface area contributed by atoms with E-state index >= 15 is 0 Å². The molecule has 0 N–H and O–H groups in total. The molecule has 0 fully saturated rings. The Morgan fingerprint density at radius 3 is 2.06 bits per heavy atom. The van der Waals surface area contributed by atoms with Crippen LogP contribution in [0.2, 0.25) is 13.3 Å². The van der Waals surface area contributed by atoms with Crippen LogP contribution >= 0.6 is 8.92 Å². The van der Waals surface area contributed by atoms with Crippen LogP contribution in [0.3, 0.4) is 0 Å². The van der Waals surface area contributed by atoms with Gasteiger partial charge >= 0.3 is 116 Å². The second-order valence-corrected chi connectivity index (χ2v) is 21.1. The van der Waals surface area contributed by atoms with E-state index in [1.807, 2.05) is 6.08 Å². The summed E-state index contributed by atoms with van der Waals surface area (Å²) in [6, 6.07) is 0. The first-order valence-electron chi connectivity index (χ1n) is 7.06. The molecule has 0 aliphatic rings. The standard InChI is InChI=1S/C6H11O.2C4H9.ClH.Sn/c1-3-5-7-6-4-2;2*1-3-4-2;;/h3H,1-2,4-6H2;2*1,3-4H2,2H3;1H;/q;;;;+1/p-1. The van der Waals surface area contributed by atoms with Gasteiger partial charge in [-0.25, -0.2) is 0 Å². The van der Waals surface area contributed by atoms with E-state index in [0.29, 0.717) is 6.61 Å². The van der Waals surface area contributed by atoms with Crippen molar-refractivity contribution in [2.45, 2.75) is 59.3 Å². The first-order chi connectivity index (χ1) is 8.18. The molecule has 0 aliphatic carbocycles. The average molecular weight is 368 g/mol. The molecule has 0 aromatic carbocycles. The van der Waals surface area contributed by atoms with Crippen molar-refractivity contribution in [1.82, 2.24) is 0 Å². The summed E-state index contributed by atoms with van der Waals surface area (Å²) < 4.78 is 9.44. The Balaban J connectivity index is 3.86. The van der Waals surface area contributed by atoms with Gasteiger partial charge in [0.05, 0.1) is 0 Å². The van der Waals surface area contributed by atoms with E-state index in [2.05, 4.69) is 20.4 Å². The molecule has 0 atom stereocenters. The molecule has 0 aromatic rings. The van der Waals surface area contributed by atoms with Crippen molar-refractivity contribution >= 4 is 26.2 Å². The number of halogens is 1. The van der Waals surface area contributed by atoms with Crippen LogP contribution in [0, 0.1) is 0 Å². The van der Waals surface area contributed by atoms with Crippen LogP contribution in [0.5, 0.6) is 0 Å². The fourth-order valence-electron chi connectivity index (χ4n) is 2.02. The third-order valence-electron chi connectivity index (χ3n) is 3.11. The third kappa shape index (κ3) is 10.4. The fourth-order valence-corrected chi connectivity index (χ4v) is 14.7. The van der Waals surface area contributed by atoms with Gasteiger partial charge in [-0.05, 0) is 0 Å². The Kier molecular flexibility index (Phi) is 12.4. The molecule has 17 heavy (non-hydrogen) atoms. The van der Waals surface area contributed by atoms with Gasteiger partial charge in [0, 0.05) is 0 Å². The second-order valence-electron chi connectivity index (χ2n) is 4.83. The fraction of sp³-hybridized carbons (Fsp3) is 0.857. The predicted molar refractivity (Wildman–Crippen MR) is 81.5 cm³/mol. The number of rotatable bonds is 12. The molecule has 0 heterocycles. The molecule has 102 valence electrons. The number of unbranched alkanes of at least 4 members (excludes halogenated alkanes) is 2. The Hall–Kier alpha value is 0.789. The van der Waals surface area contributed by atoms with Crippen LogP contribution in [0.4, 0.5) is 0 Å². The molecule has 0 unspecified atom stereocenters. The van der Waals surface area contributed by atoms with Crippen molar-refractivity contribution in [3.05, 3.63) is 12.7 Å². The monoisotopic (exact) mass is 368 g/mol. The number of hydrogen-bond acceptors (Lipinski definition) is 1. The average Bonchev–Trinajstić information content (AvgIpc) is 2.34. The minimum atomic E-state index is -2.25. The molecule has 0 aromatic heterocycles. The molecule has 0 aliphatic heterocycles. The Morgan fingerprint density at radius 1 is 1.06 bits per heavy atom. The molecule has 3 heteroatoms. The molecule has 0 radical (unpaired) electrons. The molecule has 0 rings (SSSR count). The molecular weight excluding hydrogens is 338 g/mol. The zero-order valence-corrected chi connectivity index (χ0v) is 15.3. The van der Waals surface area contributed by atoms with Gasteiger partial charge in [0.1, 0.15) is 0 Å². The van der Waals surface area contributed by atoms with Gasteiger partial charge in [-0.2, -0.15) is 0 Å². The first kappa shape index (κ1) is 17.8. The van der Waals surface area contributed by atoms with Crippen molar-refractivity contribution in [3.63, 3.8) is 0 Å². The van der Waals surface area contributed by atoms with Gasteiger partial charge in [-0.3, -0.25) is 0 Å². The topological polar surface area (TPSA) is 9.23 Å². The van der Waals surface area contributed by atoms with Crippen molar-refractivity contribution in [2.24, 2.45) is 0 Å². The van der Waals surface area contributed by atoms with Gasteiger partial charge < -0.3 is 0 Å². The number of ether oxygens (including phenoxy) is 1. The first-order valence-corrected chi connectivity index (χ1v) is 16.7.